The highest BCUT2D eigenvalue weighted by atomic mass is 19.1. The molecule has 4 aromatic rings. The second kappa shape index (κ2) is 14.3. The van der Waals surface area contributed by atoms with E-state index in [0.717, 1.165) is 11.1 Å². The van der Waals surface area contributed by atoms with Crippen LogP contribution in [0.1, 0.15) is 34.8 Å². The molecule has 0 radical (unpaired) electrons. The van der Waals surface area contributed by atoms with E-state index in [4.69, 9.17) is 19.6 Å². The van der Waals surface area contributed by atoms with Crippen LogP contribution >= 0.6 is 0 Å². The first-order valence-electron chi connectivity index (χ1n) is 14.3. The van der Waals surface area contributed by atoms with E-state index in [-0.39, 0.29) is 37.2 Å². The van der Waals surface area contributed by atoms with Crippen molar-refractivity contribution in [3.63, 3.8) is 0 Å². The Balaban J connectivity index is 1.54. The van der Waals surface area contributed by atoms with Gasteiger partial charge in [-0.2, -0.15) is 0 Å². The largest absolute Gasteiger partial charge is 0.494 e. The van der Waals surface area contributed by atoms with Crippen molar-refractivity contribution < 1.29 is 23.8 Å². The summed E-state index contributed by atoms with van der Waals surface area (Å²) in [7, 11) is 0. The number of amides is 1. The zero-order valence-electron chi connectivity index (χ0n) is 24.0. The molecule has 1 aliphatic rings. The summed E-state index contributed by atoms with van der Waals surface area (Å²) in [5.74, 6) is 0.205. The van der Waals surface area contributed by atoms with Gasteiger partial charge in [0.15, 0.2) is 11.6 Å². The lowest BCUT2D eigenvalue weighted by Gasteiger charge is -2.31. The number of rotatable bonds is 13. The van der Waals surface area contributed by atoms with Crippen molar-refractivity contribution in [2.24, 2.45) is 10.1 Å². The molecular weight excluding hydrogens is 561 g/mol. The molecule has 5 rings (SSSR count). The fraction of sp³-hybridized carbons (Fsp3) is 0.235. The number of benzene rings is 4. The minimum Gasteiger partial charge on any atom is -0.494 e. The number of halogens is 1. The zero-order chi connectivity index (χ0) is 30.8. The molecule has 0 aliphatic carbocycles. The van der Waals surface area contributed by atoms with Gasteiger partial charge in [0.2, 0.25) is 5.90 Å². The maximum absolute atomic E-state index is 14.3. The number of ether oxygens (including phenoxy) is 2. The third kappa shape index (κ3) is 7.06. The minimum atomic E-state index is -1.46. The van der Waals surface area contributed by atoms with Gasteiger partial charge >= 0.3 is 0 Å². The highest BCUT2D eigenvalue weighted by Gasteiger charge is 2.53. The Labute approximate surface area is 254 Å². The van der Waals surface area contributed by atoms with E-state index in [1.54, 1.807) is 60.7 Å². The quantitative estimate of drug-likeness (QED) is 0.0806. The van der Waals surface area contributed by atoms with Crippen LogP contribution in [0.4, 0.5) is 10.1 Å². The number of carbonyl (C=O) groups excluding carboxylic acids is 1. The third-order valence-corrected chi connectivity index (χ3v) is 7.33. The molecule has 0 aromatic heterocycles. The molecule has 9 nitrogen and oxygen atoms in total. The molecule has 224 valence electrons. The van der Waals surface area contributed by atoms with Crippen LogP contribution in [0.3, 0.4) is 0 Å². The lowest BCUT2D eigenvalue weighted by Crippen LogP contribution is -2.50. The van der Waals surface area contributed by atoms with Gasteiger partial charge in [-0.25, -0.2) is 9.38 Å². The standard InChI is InChI=1S/C34H32FN5O4/c35-27-15-11-24(12-16-27)19-20-37-33(42)34(23-25-7-2-1-3-8-25)31(29-9-4-5-10-30(29)39-40-36)44-32(38-34)26-13-17-28(18-14-26)43-22-6-21-41/h1-5,7-18,31,41H,6,19-23H2,(H,37,42)/t31-,34-/m1/s1. The number of aliphatic hydroxyl groups is 1. The van der Waals surface area contributed by atoms with Crippen LogP contribution in [-0.4, -0.2) is 42.2 Å². The summed E-state index contributed by atoms with van der Waals surface area (Å²) >= 11 is 0. The monoisotopic (exact) mass is 593 g/mol. The van der Waals surface area contributed by atoms with Crippen LogP contribution < -0.4 is 10.1 Å². The highest BCUT2D eigenvalue weighted by molar-refractivity contribution is 6.01. The molecular formula is C34H32FN5O4. The van der Waals surface area contributed by atoms with Crippen LogP contribution in [0.5, 0.6) is 5.75 Å². The molecule has 2 atom stereocenters. The Morgan fingerprint density at radius 2 is 1.73 bits per heavy atom. The van der Waals surface area contributed by atoms with Crippen LogP contribution in [0.25, 0.3) is 10.4 Å². The Morgan fingerprint density at radius 1 is 1.00 bits per heavy atom. The number of nitrogens with zero attached hydrogens (tertiary/aromatic N) is 4. The second-order valence-electron chi connectivity index (χ2n) is 10.3. The van der Waals surface area contributed by atoms with Crippen LogP contribution in [0.15, 0.2) is 113 Å². The van der Waals surface area contributed by atoms with E-state index in [9.17, 15) is 14.7 Å². The van der Waals surface area contributed by atoms with Crippen molar-refractivity contribution in [3.8, 4) is 5.75 Å². The fourth-order valence-electron chi connectivity index (χ4n) is 5.14. The first kappa shape index (κ1) is 30.3. The third-order valence-electron chi connectivity index (χ3n) is 7.33. The van der Waals surface area contributed by atoms with Crippen molar-refractivity contribution in [2.45, 2.75) is 30.9 Å². The lowest BCUT2D eigenvalue weighted by molar-refractivity contribution is -0.128. The van der Waals surface area contributed by atoms with Crippen molar-refractivity contribution in [2.75, 3.05) is 19.8 Å². The van der Waals surface area contributed by atoms with Gasteiger partial charge in [-0.05, 0) is 59.5 Å². The number of carbonyl (C=O) groups is 1. The van der Waals surface area contributed by atoms with Gasteiger partial charge in [0.25, 0.3) is 5.91 Å². The summed E-state index contributed by atoms with van der Waals surface area (Å²) in [6, 6.07) is 29.9. The molecule has 10 heteroatoms. The molecule has 0 saturated carbocycles. The molecule has 44 heavy (non-hydrogen) atoms. The highest BCUT2D eigenvalue weighted by Crippen LogP contribution is 2.45. The topological polar surface area (TPSA) is 129 Å². The Kier molecular flexibility index (Phi) is 9.86. The van der Waals surface area contributed by atoms with E-state index >= 15 is 0 Å². The smallest absolute Gasteiger partial charge is 0.252 e. The number of hydrogen-bond donors (Lipinski definition) is 2. The maximum Gasteiger partial charge on any atom is 0.252 e. The summed E-state index contributed by atoms with van der Waals surface area (Å²) in [4.78, 5) is 22.4. The molecule has 0 bridgehead atoms. The Hall–Kier alpha value is -5.18. The summed E-state index contributed by atoms with van der Waals surface area (Å²) in [5.41, 5.74) is 11.1. The average Bonchev–Trinajstić information content (AvgIpc) is 3.43. The number of azide groups is 1. The maximum atomic E-state index is 14.3. The Morgan fingerprint density at radius 3 is 2.45 bits per heavy atom. The molecule has 4 aromatic carbocycles. The molecule has 0 unspecified atom stereocenters. The summed E-state index contributed by atoms with van der Waals surface area (Å²) in [6.45, 7) is 0.706. The van der Waals surface area contributed by atoms with Gasteiger partial charge in [0.05, 0.1) is 6.61 Å². The molecule has 0 spiro atoms. The Bertz CT molecular complexity index is 1640. The van der Waals surface area contributed by atoms with E-state index in [0.29, 0.717) is 42.0 Å². The number of nitrogens with one attached hydrogen (secondary N) is 1. The van der Waals surface area contributed by atoms with Gasteiger partial charge < -0.3 is 19.9 Å². The normalized spacial score (nSPS) is 17.2. The molecule has 1 aliphatic heterocycles. The van der Waals surface area contributed by atoms with Gasteiger partial charge in [0, 0.05) is 47.7 Å². The molecule has 2 N–H and O–H groups in total. The van der Waals surface area contributed by atoms with E-state index < -0.39 is 11.6 Å². The van der Waals surface area contributed by atoms with Crippen molar-refractivity contribution in [1.82, 2.24) is 5.32 Å². The van der Waals surface area contributed by atoms with Crippen molar-refractivity contribution in [1.29, 1.82) is 0 Å². The van der Waals surface area contributed by atoms with Gasteiger partial charge in [-0.1, -0.05) is 71.8 Å². The van der Waals surface area contributed by atoms with Gasteiger partial charge in [-0.15, -0.1) is 0 Å². The van der Waals surface area contributed by atoms with Gasteiger partial charge in [0.1, 0.15) is 11.6 Å². The number of aliphatic imine (C=N–C) groups is 1. The zero-order valence-corrected chi connectivity index (χ0v) is 24.0. The summed E-state index contributed by atoms with van der Waals surface area (Å²) < 4.78 is 25.6. The second-order valence-corrected chi connectivity index (χ2v) is 10.3. The average molecular weight is 594 g/mol. The molecule has 0 fully saturated rings. The minimum absolute atomic E-state index is 0.0386. The first-order chi connectivity index (χ1) is 21.5. The van der Waals surface area contributed by atoms with E-state index in [1.165, 1.54) is 12.1 Å². The van der Waals surface area contributed by atoms with Crippen molar-refractivity contribution >= 4 is 17.5 Å². The summed E-state index contributed by atoms with van der Waals surface area (Å²) in [5, 5.41) is 16.0. The number of hydrogen-bond acceptors (Lipinski definition) is 6. The van der Waals surface area contributed by atoms with Crippen LogP contribution in [0.2, 0.25) is 0 Å². The first-order valence-corrected chi connectivity index (χ1v) is 14.3. The van der Waals surface area contributed by atoms with E-state index in [2.05, 4.69) is 15.3 Å². The van der Waals surface area contributed by atoms with Crippen LogP contribution in [0, 0.1) is 5.82 Å². The predicted molar refractivity (Wildman–Crippen MR) is 165 cm³/mol. The molecule has 1 heterocycles. The predicted octanol–water partition coefficient (Wildman–Crippen LogP) is 6.39. The molecule has 1 amide bonds. The van der Waals surface area contributed by atoms with Crippen molar-refractivity contribution in [3.05, 3.63) is 142 Å². The number of aliphatic hydroxyl groups excluding tert-OH is 1. The lowest BCUT2D eigenvalue weighted by atomic mass is 9.81. The van der Waals surface area contributed by atoms with Crippen LogP contribution in [-0.2, 0) is 22.4 Å². The molecule has 0 saturated heterocycles. The fourth-order valence-corrected chi connectivity index (χ4v) is 5.14. The van der Waals surface area contributed by atoms with E-state index in [1.807, 2.05) is 30.3 Å². The summed E-state index contributed by atoms with van der Waals surface area (Å²) in [6.07, 6.45) is 0.285. The SMILES string of the molecule is [N-]=[N+]=Nc1ccccc1[C@H]1OC(c2ccc(OCCCO)cc2)=N[C@@]1(Cc1ccccc1)C(=O)NCCc1ccc(F)cc1. The van der Waals surface area contributed by atoms with Gasteiger partial charge in [-0.3, -0.25) is 4.79 Å².